The first kappa shape index (κ1) is 22.1. The van der Waals surface area contributed by atoms with Crippen molar-refractivity contribution in [2.24, 2.45) is 0 Å². The van der Waals surface area contributed by atoms with Gasteiger partial charge < -0.3 is 14.4 Å². The number of rotatable bonds is 7. The second-order valence-corrected chi connectivity index (χ2v) is 10.9. The fourth-order valence-corrected chi connectivity index (χ4v) is 6.27. The fourth-order valence-electron chi connectivity index (χ4n) is 4.20. The van der Waals surface area contributed by atoms with Gasteiger partial charge in [-0.3, -0.25) is 4.90 Å². The van der Waals surface area contributed by atoms with Gasteiger partial charge in [0, 0.05) is 44.5 Å². The second kappa shape index (κ2) is 9.30. The Morgan fingerprint density at radius 1 is 1.00 bits per heavy atom. The number of anilines is 1. The highest BCUT2D eigenvalue weighted by Crippen LogP contribution is 2.36. The average molecular weight is 490 g/mol. The molecule has 0 saturated carbocycles. The van der Waals surface area contributed by atoms with Gasteiger partial charge in [-0.1, -0.05) is 12.1 Å². The molecule has 3 heterocycles. The summed E-state index contributed by atoms with van der Waals surface area (Å²) in [6, 6.07) is 15.4. The van der Waals surface area contributed by atoms with Crippen LogP contribution in [0.3, 0.4) is 0 Å². The average Bonchev–Trinajstić information content (AvgIpc) is 3.53. The van der Waals surface area contributed by atoms with E-state index in [0.29, 0.717) is 15.7 Å². The van der Waals surface area contributed by atoms with E-state index >= 15 is 0 Å². The van der Waals surface area contributed by atoms with Crippen LogP contribution in [0.1, 0.15) is 11.6 Å². The summed E-state index contributed by atoms with van der Waals surface area (Å²) in [5.41, 5.74) is 1.94. The summed E-state index contributed by atoms with van der Waals surface area (Å²) in [6.45, 7) is 3.39. The molecule has 174 valence electrons. The van der Waals surface area contributed by atoms with Gasteiger partial charge >= 0.3 is 0 Å². The third kappa shape index (κ3) is 4.84. The predicted octanol–water partition coefficient (Wildman–Crippen LogP) is 3.46. The van der Waals surface area contributed by atoms with Crippen LogP contribution in [0.15, 0.2) is 64.2 Å². The highest BCUT2D eigenvalue weighted by atomic mass is 32.2. The molecule has 7 nitrogen and oxygen atoms in total. The van der Waals surface area contributed by atoms with E-state index in [9.17, 15) is 12.8 Å². The third-order valence-electron chi connectivity index (χ3n) is 5.95. The first-order valence-electron chi connectivity index (χ1n) is 10.7. The van der Waals surface area contributed by atoms with Gasteiger partial charge in [0.15, 0.2) is 11.5 Å². The van der Waals surface area contributed by atoms with Gasteiger partial charge in [0.2, 0.25) is 16.8 Å². The zero-order valence-electron chi connectivity index (χ0n) is 17.8. The minimum absolute atomic E-state index is 0.176. The van der Waals surface area contributed by atoms with Crippen molar-refractivity contribution in [1.82, 2.24) is 9.62 Å². The van der Waals surface area contributed by atoms with Crippen molar-refractivity contribution in [3.8, 4) is 11.5 Å². The summed E-state index contributed by atoms with van der Waals surface area (Å²) in [5.74, 6) is 1.11. The maximum Gasteiger partial charge on any atom is 0.250 e. The van der Waals surface area contributed by atoms with Crippen LogP contribution in [0.2, 0.25) is 0 Å². The minimum atomic E-state index is -3.59. The summed E-state index contributed by atoms with van der Waals surface area (Å²) in [5, 5.41) is 1.75. The van der Waals surface area contributed by atoms with Crippen LogP contribution >= 0.6 is 11.3 Å². The molecular weight excluding hydrogens is 465 g/mol. The molecule has 1 fully saturated rings. The maximum absolute atomic E-state index is 13.3. The zero-order chi connectivity index (χ0) is 22.8. The van der Waals surface area contributed by atoms with Crippen molar-refractivity contribution in [3.05, 3.63) is 71.4 Å². The summed E-state index contributed by atoms with van der Waals surface area (Å²) < 4.78 is 52.9. The molecule has 3 aromatic rings. The molecule has 2 aliphatic heterocycles. The SMILES string of the molecule is O=S(=O)(NC[C@@H](c1ccc2c(c1)OCO2)N1CCN(c2ccc(F)cc2)CC1)c1cccs1. The maximum atomic E-state index is 13.3. The van der Waals surface area contributed by atoms with Crippen molar-refractivity contribution in [2.75, 3.05) is 44.4 Å². The predicted molar refractivity (Wildman–Crippen MR) is 125 cm³/mol. The Hall–Kier alpha value is -2.66. The molecule has 1 aromatic heterocycles. The van der Waals surface area contributed by atoms with Crippen LogP contribution in [-0.4, -0.2) is 52.8 Å². The molecular formula is C23H24FN3O4S2. The number of hydrogen-bond acceptors (Lipinski definition) is 7. The first-order chi connectivity index (χ1) is 16.0. The summed E-state index contributed by atoms with van der Waals surface area (Å²) >= 11 is 1.19. The number of nitrogens with one attached hydrogen (secondary N) is 1. The quantitative estimate of drug-likeness (QED) is 0.548. The van der Waals surface area contributed by atoms with E-state index in [1.54, 1.807) is 29.6 Å². The van der Waals surface area contributed by atoms with Crippen molar-refractivity contribution >= 4 is 27.0 Å². The van der Waals surface area contributed by atoms with E-state index in [2.05, 4.69) is 14.5 Å². The zero-order valence-corrected chi connectivity index (χ0v) is 19.4. The van der Waals surface area contributed by atoms with Gasteiger partial charge in [-0.25, -0.2) is 17.5 Å². The number of benzene rings is 2. The van der Waals surface area contributed by atoms with Crippen LogP contribution in [0, 0.1) is 5.82 Å². The largest absolute Gasteiger partial charge is 0.454 e. The molecule has 2 aromatic carbocycles. The van der Waals surface area contributed by atoms with Crippen molar-refractivity contribution in [3.63, 3.8) is 0 Å². The number of thiophene rings is 1. The Bertz CT molecular complexity index is 1190. The third-order valence-corrected chi connectivity index (χ3v) is 8.78. The lowest BCUT2D eigenvalue weighted by Crippen LogP contribution is -2.49. The highest BCUT2D eigenvalue weighted by Gasteiger charge is 2.28. The van der Waals surface area contributed by atoms with E-state index in [1.165, 1.54) is 23.5 Å². The Morgan fingerprint density at radius 2 is 1.76 bits per heavy atom. The fraction of sp³-hybridized carbons (Fsp3) is 0.304. The molecule has 33 heavy (non-hydrogen) atoms. The number of halogens is 1. The summed E-state index contributed by atoms with van der Waals surface area (Å²) in [4.78, 5) is 4.48. The van der Waals surface area contributed by atoms with E-state index < -0.39 is 10.0 Å². The number of piperazine rings is 1. The smallest absolute Gasteiger partial charge is 0.250 e. The molecule has 0 amide bonds. The first-order valence-corrected chi connectivity index (χ1v) is 13.0. The molecule has 1 atom stereocenters. The van der Waals surface area contributed by atoms with E-state index in [0.717, 1.165) is 37.4 Å². The molecule has 5 rings (SSSR count). The van der Waals surface area contributed by atoms with Gasteiger partial charge in [0.1, 0.15) is 10.0 Å². The normalized spacial score (nSPS) is 17.3. The molecule has 10 heteroatoms. The molecule has 0 aliphatic carbocycles. The van der Waals surface area contributed by atoms with Crippen molar-refractivity contribution < 1.29 is 22.3 Å². The second-order valence-electron chi connectivity index (χ2n) is 7.91. The number of ether oxygens (including phenoxy) is 2. The Morgan fingerprint density at radius 3 is 2.48 bits per heavy atom. The van der Waals surface area contributed by atoms with Gasteiger partial charge in [-0.2, -0.15) is 0 Å². The summed E-state index contributed by atoms with van der Waals surface area (Å²) in [7, 11) is -3.59. The highest BCUT2D eigenvalue weighted by molar-refractivity contribution is 7.91. The van der Waals surface area contributed by atoms with Gasteiger partial charge in [-0.15, -0.1) is 11.3 Å². The molecule has 1 N–H and O–H groups in total. The van der Waals surface area contributed by atoms with Gasteiger partial charge in [-0.05, 0) is 53.4 Å². The lowest BCUT2D eigenvalue weighted by molar-refractivity contribution is 0.173. The lowest BCUT2D eigenvalue weighted by atomic mass is 10.0. The minimum Gasteiger partial charge on any atom is -0.454 e. The number of sulfonamides is 1. The Labute approximate surface area is 196 Å². The van der Waals surface area contributed by atoms with E-state index in [-0.39, 0.29) is 25.2 Å². The molecule has 0 radical (unpaired) electrons. The number of hydrogen-bond donors (Lipinski definition) is 1. The van der Waals surface area contributed by atoms with Crippen molar-refractivity contribution in [1.29, 1.82) is 0 Å². The van der Waals surface area contributed by atoms with Crippen molar-refractivity contribution in [2.45, 2.75) is 10.3 Å². The standard InChI is InChI=1S/C23H24FN3O4S2/c24-18-4-6-19(7-5-18)26-9-11-27(12-10-26)20(15-25-33(28,29)23-2-1-13-32-23)17-3-8-21-22(14-17)31-16-30-21/h1-8,13-14,20,25H,9-12,15-16H2/t20-/m0/s1. The van der Waals surface area contributed by atoms with Gasteiger partial charge in [0.05, 0.1) is 0 Å². The lowest BCUT2D eigenvalue weighted by Gasteiger charge is -2.40. The van der Waals surface area contributed by atoms with Crippen LogP contribution < -0.4 is 19.1 Å². The molecule has 0 unspecified atom stereocenters. The van der Waals surface area contributed by atoms with E-state index in [4.69, 9.17) is 9.47 Å². The van der Waals surface area contributed by atoms with Crippen LogP contribution in [0.25, 0.3) is 0 Å². The topological polar surface area (TPSA) is 71.1 Å². The molecule has 0 spiro atoms. The number of fused-ring (bicyclic) bond motifs is 1. The molecule has 0 bridgehead atoms. The summed E-state index contributed by atoms with van der Waals surface area (Å²) in [6.07, 6.45) is 0. The molecule has 2 aliphatic rings. The van der Waals surface area contributed by atoms with E-state index in [1.807, 2.05) is 18.2 Å². The van der Waals surface area contributed by atoms with Gasteiger partial charge in [0.25, 0.3) is 0 Å². The van der Waals surface area contributed by atoms with Crippen LogP contribution in [0.5, 0.6) is 11.5 Å². The monoisotopic (exact) mass is 489 g/mol. The van der Waals surface area contributed by atoms with Crippen LogP contribution in [0.4, 0.5) is 10.1 Å². The Balaban J connectivity index is 1.34. The Kier molecular flexibility index (Phi) is 6.24. The van der Waals surface area contributed by atoms with Crippen LogP contribution in [-0.2, 0) is 10.0 Å². The molecule has 1 saturated heterocycles. The number of nitrogens with zero attached hydrogens (tertiary/aromatic N) is 2.